The molecule has 0 aliphatic heterocycles. The number of nitrogens with zero attached hydrogens (tertiary/aromatic N) is 1. The maximum absolute atomic E-state index is 2.42. The van der Waals surface area contributed by atoms with Gasteiger partial charge in [0.25, 0.3) is 0 Å². The first-order chi connectivity index (χ1) is 13.7. The Morgan fingerprint density at radius 1 is 0.643 bits per heavy atom. The Morgan fingerprint density at radius 2 is 1.36 bits per heavy atom. The molecule has 1 aliphatic carbocycles. The average Bonchev–Trinajstić information content (AvgIpc) is 3.08. The van der Waals surface area contributed by atoms with Gasteiger partial charge in [0.15, 0.2) is 0 Å². The topological polar surface area (TPSA) is 4.93 Å². The molecular formula is C27H21N. The largest absolute Gasteiger partial charge is 0.309 e. The molecule has 0 amide bonds. The molecule has 0 spiro atoms. The Bertz CT molecular complexity index is 1370. The zero-order chi connectivity index (χ0) is 18.9. The molecule has 6 rings (SSSR count). The second-order valence-corrected chi connectivity index (χ2v) is 8.28. The van der Waals surface area contributed by atoms with E-state index in [4.69, 9.17) is 0 Å². The summed E-state index contributed by atoms with van der Waals surface area (Å²) in [4.78, 5) is 0. The predicted octanol–water partition coefficient (Wildman–Crippen LogP) is 7.09. The number of hydrogen-bond donors (Lipinski definition) is 0. The third-order valence-corrected chi connectivity index (χ3v) is 6.40. The van der Waals surface area contributed by atoms with Crippen molar-refractivity contribution in [2.24, 2.45) is 0 Å². The van der Waals surface area contributed by atoms with Gasteiger partial charge in [-0.3, -0.25) is 0 Å². The third-order valence-electron chi connectivity index (χ3n) is 6.40. The molecule has 0 radical (unpaired) electrons. The van der Waals surface area contributed by atoms with Crippen molar-refractivity contribution < 1.29 is 0 Å². The maximum atomic E-state index is 2.42. The first-order valence-corrected chi connectivity index (χ1v) is 9.89. The summed E-state index contributed by atoms with van der Waals surface area (Å²) in [5.41, 5.74) is 9.10. The molecule has 1 aliphatic rings. The van der Waals surface area contributed by atoms with Crippen LogP contribution in [0.2, 0.25) is 0 Å². The van der Waals surface area contributed by atoms with Crippen LogP contribution in [0.25, 0.3) is 38.6 Å². The molecule has 4 aromatic carbocycles. The van der Waals surface area contributed by atoms with Gasteiger partial charge in [0.2, 0.25) is 0 Å². The molecule has 1 nitrogen and oxygen atoms in total. The Labute approximate surface area is 164 Å². The van der Waals surface area contributed by atoms with Crippen molar-refractivity contribution in [3.63, 3.8) is 0 Å². The molecule has 0 N–H and O–H groups in total. The van der Waals surface area contributed by atoms with Crippen molar-refractivity contribution in [2.45, 2.75) is 19.3 Å². The number of benzene rings is 4. The molecule has 1 aromatic heterocycles. The number of rotatable bonds is 1. The van der Waals surface area contributed by atoms with Gasteiger partial charge in [0, 0.05) is 21.9 Å². The minimum absolute atomic E-state index is 0.0567. The zero-order valence-electron chi connectivity index (χ0n) is 16.1. The second-order valence-electron chi connectivity index (χ2n) is 8.28. The van der Waals surface area contributed by atoms with Crippen LogP contribution in [0.4, 0.5) is 0 Å². The molecular weight excluding hydrogens is 338 g/mol. The molecule has 2 bridgehead atoms. The summed E-state index contributed by atoms with van der Waals surface area (Å²) >= 11 is 0. The first-order valence-electron chi connectivity index (χ1n) is 9.89. The van der Waals surface area contributed by atoms with E-state index in [1.807, 2.05) is 0 Å². The number of para-hydroxylation sites is 1. The fourth-order valence-electron chi connectivity index (χ4n) is 4.96. The zero-order valence-corrected chi connectivity index (χ0v) is 16.1. The van der Waals surface area contributed by atoms with Crippen molar-refractivity contribution in [3.05, 3.63) is 102 Å². The molecule has 0 unspecified atom stereocenters. The van der Waals surface area contributed by atoms with Crippen molar-refractivity contribution in [2.75, 3.05) is 0 Å². The highest BCUT2D eigenvalue weighted by Gasteiger charge is 2.30. The summed E-state index contributed by atoms with van der Waals surface area (Å²) in [6.45, 7) is 4.70. The lowest BCUT2D eigenvalue weighted by atomic mass is 9.74. The monoisotopic (exact) mass is 359 g/mol. The third kappa shape index (κ3) is 1.91. The van der Waals surface area contributed by atoms with Gasteiger partial charge < -0.3 is 4.57 Å². The van der Waals surface area contributed by atoms with E-state index in [0.717, 1.165) is 0 Å². The van der Waals surface area contributed by atoms with E-state index in [1.54, 1.807) is 0 Å². The Balaban J connectivity index is 1.92. The number of fused-ring (bicyclic) bond motifs is 3. The number of hydrogen-bond acceptors (Lipinski definition) is 0. The fraction of sp³-hybridized carbons (Fsp3) is 0.111. The van der Waals surface area contributed by atoms with Gasteiger partial charge in [-0.05, 0) is 46.5 Å². The molecule has 134 valence electrons. The van der Waals surface area contributed by atoms with Gasteiger partial charge in [-0.1, -0.05) is 80.6 Å². The van der Waals surface area contributed by atoms with Gasteiger partial charge in [0.1, 0.15) is 0 Å². The lowest BCUT2D eigenvalue weighted by molar-refractivity contribution is 0.647. The van der Waals surface area contributed by atoms with E-state index in [-0.39, 0.29) is 5.41 Å². The van der Waals surface area contributed by atoms with E-state index >= 15 is 0 Å². The molecule has 5 aromatic rings. The lowest BCUT2D eigenvalue weighted by Crippen LogP contribution is -2.20. The van der Waals surface area contributed by atoms with E-state index in [1.165, 1.54) is 49.7 Å². The summed E-state index contributed by atoms with van der Waals surface area (Å²) in [5.74, 6) is 0. The lowest BCUT2D eigenvalue weighted by Gasteiger charge is -2.29. The van der Waals surface area contributed by atoms with Gasteiger partial charge >= 0.3 is 0 Å². The minimum Gasteiger partial charge on any atom is -0.309 e. The van der Waals surface area contributed by atoms with Gasteiger partial charge in [-0.25, -0.2) is 0 Å². The van der Waals surface area contributed by atoms with Gasteiger partial charge in [-0.2, -0.15) is 0 Å². The standard InChI is InChI=1S/C27H21N/c1-27(2)19-10-6-9-18(17-19)21-13-7-15-23-25(21)26-22(27)14-8-16-24(26)28(23)20-11-4-3-5-12-20/h3-17H,1-2H3. The summed E-state index contributed by atoms with van der Waals surface area (Å²) in [6, 6.07) is 33.3. The van der Waals surface area contributed by atoms with Crippen molar-refractivity contribution in [3.8, 4) is 16.8 Å². The maximum Gasteiger partial charge on any atom is 0.0547 e. The summed E-state index contributed by atoms with van der Waals surface area (Å²) in [5, 5.41) is 2.75. The van der Waals surface area contributed by atoms with Gasteiger partial charge in [-0.15, -0.1) is 0 Å². The average molecular weight is 359 g/mol. The number of aromatic nitrogens is 1. The molecule has 0 atom stereocenters. The van der Waals surface area contributed by atoms with Crippen LogP contribution in [0.15, 0.2) is 91.0 Å². The van der Waals surface area contributed by atoms with Gasteiger partial charge in [0.05, 0.1) is 11.0 Å². The minimum atomic E-state index is -0.0567. The molecule has 0 fully saturated rings. The Kier molecular flexibility index (Phi) is 3.01. The van der Waals surface area contributed by atoms with Crippen LogP contribution >= 0.6 is 0 Å². The van der Waals surface area contributed by atoms with Crippen molar-refractivity contribution >= 4 is 21.8 Å². The SMILES string of the molecule is CC1(C)c2cccc(c2)-c2cccc3c2c2c1cccc2n3-c1ccccc1. The van der Waals surface area contributed by atoms with Crippen molar-refractivity contribution in [1.29, 1.82) is 0 Å². The Morgan fingerprint density at radius 3 is 2.18 bits per heavy atom. The fourth-order valence-corrected chi connectivity index (χ4v) is 4.96. The molecule has 1 heteroatoms. The summed E-state index contributed by atoms with van der Waals surface area (Å²) < 4.78 is 2.42. The summed E-state index contributed by atoms with van der Waals surface area (Å²) in [6.07, 6.45) is 0. The molecule has 0 saturated heterocycles. The second kappa shape index (κ2) is 5.36. The van der Waals surface area contributed by atoms with Crippen LogP contribution in [0.1, 0.15) is 25.0 Å². The van der Waals surface area contributed by atoms with Crippen LogP contribution in [-0.2, 0) is 5.41 Å². The quantitative estimate of drug-likeness (QED) is 0.301. The van der Waals surface area contributed by atoms with E-state index in [0.29, 0.717) is 0 Å². The van der Waals surface area contributed by atoms with E-state index in [9.17, 15) is 0 Å². The summed E-state index contributed by atoms with van der Waals surface area (Å²) in [7, 11) is 0. The van der Waals surface area contributed by atoms with Crippen molar-refractivity contribution in [1.82, 2.24) is 4.57 Å². The van der Waals surface area contributed by atoms with Crippen LogP contribution in [0.5, 0.6) is 0 Å². The van der Waals surface area contributed by atoms with Crippen LogP contribution in [0.3, 0.4) is 0 Å². The predicted molar refractivity (Wildman–Crippen MR) is 118 cm³/mol. The molecule has 1 heterocycles. The van der Waals surface area contributed by atoms with Crippen LogP contribution < -0.4 is 0 Å². The van der Waals surface area contributed by atoms with Crippen LogP contribution in [-0.4, -0.2) is 4.57 Å². The van der Waals surface area contributed by atoms with Crippen LogP contribution in [0, 0.1) is 0 Å². The normalized spacial score (nSPS) is 14.4. The highest BCUT2D eigenvalue weighted by Crippen LogP contribution is 2.46. The highest BCUT2D eigenvalue weighted by atomic mass is 15.0. The first kappa shape index (κ1) is 15.7. The molecule has 28 heavy (non-hydrogen) atoms. The smallest absolute Gasteiger partial charge is 0.0547 e. The highest BCUT2D eigenvalue weighted by molar-refractivity contribution is 6.17. The van der Waals surface area contributed by atoms with E-state index in [2.05, 4.69) is 109 Å². The molecule has 0 saturated carbocycles. The Hall–Kier alpha value is -3.32. The van der Waals surface area contributed by atoms with E-state index < -0.39 is 0 Å².